The summed E-state index contributed by atoms with van der Waals surface area (Å²) in [5.41, 5.74) is 2.90. The van der Waals surface area contributed by atoms with E-state index in [2.05, 4.69) is 114 Å². The number of rotatable bonds is 2. The maximum absolute atomic E-state index is 10.2. The van der Waals surface area contributed by atoms with Crippen molar-refractivity contribution in [3.05, 3.63) is 115 Å². The summed E-state index contributed by atoms with van der Waals surface area (Å²) in [7, 11) is 0. The molecule has 0 spiro atoms. The molecular weight excluding hydrogens is 798 g/mol. The van der Waals surface area contributed by atoms with E-state index in [9.17, 15) is 4.79 Å². The molecule has 2 aliphatic carbocycles. The second-order valence-corrected chi connectivity index (χ2v) is 13.4. The zero-order valence-corrected chi connectivity index (χ0v) is 33.1. The van der Waals surface area contributed by atoms with Crippen LogP contribution in [0.25, 0.3) is 5.57 Å². The van der Waals surface area contributed by atoms with Crippen molar-refractivity contribution in [2.75, 3.05) is 13.2 Å². The minimum Gasteiger partial charge on any atom is -0.381 e. The number of hydrogen-bond donors (Lipinski definition) is 0. The number of allylic oxidation sites excluding steroid dienone is 2. The Balaban J connectivity index is -0.000000481. The van der Waals surface area contributed by atoms with Crippen LogP contribution in [0.5, 0.6) is 0 Å². The average Bonchev–Trinajstić information content (AvgIpc) is 3.83. The number of unbranched alkanes of at least 4 members (excludes halogenated alkanes) is 1. The summed E-state index contributed by atoms with van der Waals surface area (Å²) in [6, 6.07) is 27.1. The molecular formula is C36H45Br4Li2O2+. The molecule has 1 heterocycles. The molecule has 8 heteroatoms. The zero-order valence-electron chi connectivity index (χ0n) is 27.7. The monoisotopic (exact) mass is 839 g/mol. The normalized spacial score (nSPS) is 14.0. The van der Waals surface area contributed by atoms with Crippen LogP contribution in [0, 0.1) is 13.0 Å². The smallest absolute Gasteiger partial charge is 0.381 e. The van der Waals surface area contributed by atoms with Gasteiger partial charge in [0, 0.05) is 39.5 Å². The summed E-state index contributed by atoms with van der Waals surface area (Å²) in [6.45, 7) is 7.72. The summed E-state index contributed by atoms with van der Waals surface area (Å²) in [5.74, 6) is 0.454. The van der Waals surface area contributed by atoms with Gasteiger partial charge in [0.1, 0.15) is 5.78 Å². The van der Waals surface area contributed by atoms with E-state index in [1.165, 1.54) is 49.7 Å². The van der Waals surface area contributed by atoms with Gasteiger partial charge < -0.3 is 11.7 Å². The van der Waals surface area contributed by atoms with E-state index >= 15 is 0 Å². The van der Waals surface area contributed by atoms with Crippen molar-refractivity contribution in [3.63, 3.8) is 0 Å². The molecule has 0 amide bonds. The minimum absolute atomic E-state index is 0. The molecule has 2 fully saturated rings. The van der Waals surface area contributed by atoms with Gasteiger partial charge >= 0.3 is 39.1 Å². The van der Waals surface area contributed by atoms with Gasteiger partial charge in [-0.25, -0.2) is 0 Å². The Morgan fingerprint density at radius 1 is 0.705 bits per heavy atom. The van der Waals surface area contributed by atoms with Crippen LogP contribution in [0.3, 0.4) is 0 Å². The average molecular weight is 843 g/mol. The van der Waals surface area contributed by atoms with Crippen molar-refractivity contribution >= 4 is 75.1 Å². The fourth-order valence-corrected chi connectivity index (χ4v) is 4.73. The Kier molecular flexibility index (Phi) is 33.4. The standard InChI is InChI=1S/C11H11Br.C6H4Br2.C6H4Br.C5H8O.C4H8O.C4H9.2Li/c12-11-7-5-10(6-8-11)9-3-1-2-4-9;7-5-1-2-6(8)4-3-5;7-6-4-2-1-3-5-6;6-5-3-1-2-4-5;1-2-4-5-3-1;1-3-4-2;;/h3,5-8H,1-2,4H2;1-4H;2-5H;1-4H2;1-4H2;1,3-4H2,2H3;;/q;;-1;;;-1;2*+1/p+1. The Labute approximate surface area is 326 Å². The first-order chi connectivity index (χ1) is 20.3. The van der Waals surface area contributed by atoms with E-state index in [0.29, 0.717) is 5.78 Å². The van der Waals surface area contributed by atoms with Crippen LogP contribution >= 0.6 is 63.7 Å². The Hall–Kier alpha value is 0.145. The molecule has 6 rings (SSSR count). The molecule has 0 bridgehead atoms. The molecule has 0 unspecified atom stereocenters. The maximum Gasteiger partial charge on any atom is 1.00 e. The Morgan fingerprint density at radius 3 is 1.41 bits per heavy atom. The van der Waals surface area contributed by atoms with Gasteiger partial charge in [0.2, 0.25) is 0 Å². The first-order valence-corrected chi connectivity index (χ1v) is 17.9. The number of carbonyl (C=O) groups excluding carboxylic acids is 1. The predicted octanol–water partition coefficient (Wildman–Crippen LogP) is 7.14. The van der Waals surface area contributed by atoms with Crippen LogP contribution in [0.15, 0.2) is 96.8 Å². The van der Waals surface area contributed by atoms with Gasteiger partial charge in [-0.3, -0.25) is 4.79 Å². The van der Waals surface area contributed by atoms with Gasteiger partial charge in [0.25, 0.3) is 0 Å². The van der Waals surface area contributed by atoms with Crippen molar-refractivity contribution in [2.45, 2.75) is 77.6 Å². The summed E-state index contributed by atoms with van der Waals surface area (Å²) < 4.78 is 9.43. The van der Waals surface area contributed by atoms with Crippen LogP contribution in [0.2, 0.25) is 0 Å². The molecule has 0 radical (unpaired) electrons. The molecule has 2 nitrogen and oxygen atoms in total. The topological polar surface area (TPSA) is 26.3 Å². The summed E-state index contributed by atoms with van der Waals surface area (Å²) in [4.78, 5) is 10.2. The molecule has 3 aromatic rings. The molecule has 3 aromatic carbocycles. The number of carbonyl (C=O) groups is 1. The number of ether oxygens (including phenoxy) is 1. The fourth-order valence-electron chi connectivity index (χ4n) is 3.67. The molecule has 1 saturated heterocycles. The second-order valence-electron chi connectivity index (χ2n) is 9.70. The van der Waals surface area contributed by atoms with Crippen LogP contribution in [-0.4, -0.2) is 19.0 Å². The zero-order chi connectivity index (χ0) is 30.8. The molecule has 1 aliphatic heterocycles. The van der Waals surface area contributed by atoms with Crippen molar-refractivity contribution in [2.24, 2.45) is 0 Å². The number of halogens is 4. The molecule has 0 atom stereocenters. The van der Waals surface area contributed by atoms with Crippen LogP contribution < -0.4 is 37.7 Å². The first kappa shape index (κ1) is 46.3. The summed E-state index contributed by atoms with van der Waals surface area (Å²) in [6.07, 6.45) is 15.0. The fraction of sp³-hybridized carbons (Fsp3) is 0.389. The Morgan fingerprint density at radius 2 is 1.14 bits per heavy atom. The van der Waals surface area contributed by atoms with Gasteiger partial charge in [-0.1, -0.05) is 99.7 Å². The minimum atomic E-state index is 0. The maximum atomic E-state index is 10.2. The third kappa shape index (κ3) is 26.2. The molecule has 230 valence electrons. The Bertz CT molecular complexity index is 1070. The number of Topliss-reactive ketones (excluding diaryl/α,β-unsaturated/α-hetero) is 1. The van der Waals surface area contributed by atoms with E-state index in [1.807, 2.05) is 48.5 Å². The van der Waals surface area contributed by atoms with Gasteiger partial charge in [0.15, 0.2) is 0 Å². The van der Waals surface area contributed by atoms with Crippen LogP contribution in [-0.2, 0) is 9.53 Å². The SMILES string of the molecule is Brc1cc[c-]cc1.Brc1ccc(Br)cc1.Brc1ccc(C2=CCCC2)cc1.C1CCOC1.O=C1CCCC1.[CH2-]CCC.[H+].[Li+].[Li+]. The largest absolute Gasteiger partial charge is 1.00 e. The van der Waals surface area contributed by atoms with Crippen LogP contribution in [0.4, 0.5) is 0 Å². The third-order valence-corrected chi connectivity index (χ3v) is 8.19. The molecule has 0 aromatic heterocycles. The summed E-state index contributed by atoms with van der Waals surface area (Å²) in [5, 5.41) is 0. The third-order valence-electron chi connectivity index (χ3n) is 6.08. The second kappa shape index (κ2) is 31.7. The number of benzene rings is 3. The number of ketones is 1. The van der Waals surface area contributed by atoms with E-state index in [0.717, 1.165) is 63.2 Å². The predicted molar refractivity (Wildman–Crippen MR) is 196 cm³/mol. The molecule has 44 heavy (non-hydrogen) atoms. The van der Waals surface area contributed by atoms with Crippen molar-refractivity contribution in [1.82, 2.24) is 0 Å². The van der Waals surface area contributed by atoms with Gasteiger partial charge in [0.05, 0.1) is 0 Å². The quantitative estimate of drug-likeness (QED) is 0.203. The van der Waals surface area contributed by atoms with E-state index in [1.54, 1.807) is 0 Å². The van der Waals surface area contributed by atoms with Gasteiger partial charge in [-0.05, 0) is 92.5 Å². The van der Waals surface area contributed by atoms with Gasteiger partial charge in [-0.2, -0.15) is 36.8 Å². The van der Waals surface area contributed by atoms with E-state index in [4.69, 9.17) is 4.74 Å². The van der Waals surface area contributed by atoms with Crippen molar-refractivity contribution in [1.29, 1.82) is 0 Å². The summed E-state index contributed by atoms with van der Waals surface area (Å²) >= 11 is 13.4. The van der Waals surface area contributed by atoms with Crippen molar-refractivity contribution < 1.29 is 48.7 Å². The van der Waals surface area contributed by atoms with E-state index < -0.39 is 0 Å². The van der Waals surface area contributed by atoms with Crippen LogP contribution in [0.1, 0.15) is 84.5 Å². The molecule has 3 aliphatic rings. The van der Waals surface area contributed by atoms with Crippen molar-refractivity contribution in [3.8, 4) is 0 Å². The van der Waals surface area contributed by atoms with E-state index in [-0.39, 0.29) is 39.1 Å². The molecule has 0 N–H and O–H groups in total. The first-order valence-electron chi connectivity index (χ1n) is 14.7. The molecule has 1 saturated carbocycles. The van der Waals surface area contributed by atoms with Gasteiger partial charge in [-0.15, -0.1) is 0 Å². The number of hydrogen-bond acceptors (Lipinski definition) is 2.